The van der Waals surface area contributed by atoms with Gasteiger partial charge in [-0.2, -0.15) is 5.10 Å². The maximum atomic E-state index is 5.71. The van der Waals surface area contributed by atoms with Gasteiger partial charge in [0.1, 0.15) is 5.75 Å². The summed E-state index contributed by atoms with van der Waals surface area (Å²) < 4.78 is 7.32. The third kappa shape index (κ3) is 2.77. The topological polar surface area (TPSA) is 65.1 Å². The Labute approximate surface area is 113 Å². The summed E-state index contributed by atoms with van der Waals surface area (Å²) in [5.74, 6) is 6.53. The molecule has 0 saturated heterocycles. The first-order valence-corrected chi connectivity index (χ1v) is 6.32. The Hall–Kier alpha value is -1.85. The molecular weight excluding hydrogens is 240 g/mol. The van der Waals surface area contributed by atoms with E-state index < -0.39 is 0 Å². The first-order chi connectivity index (χ1) is 9.19. The Bertz CT molecular complexity index is 550. The number of aromatic nitrogens is 2. The van der Waals surface area contributed by atoms with Crippen molar-refractivity contribution in [2.45, 2.75) is 26.4 Å². The zero-order chi connectivity index (χ0) is 13.8. The molecule has 3 N–H and O–H groups in total. The van der Waals surface area contributed by atoms with E-state index in [1.807, 2.05) is 49.1 Å². The number of benzene rings is 1. The molecule has 0 saturated carbocycles. The van der Waals surface area contributed by atoms with Crippen LogP contribution in [0.25, 0.3) is 0 Å². The minimum atomic E-state index is -0.129. The summed E-state index contributed by atoms with van der Waals surface area (Å²) in [5, 5.41) is 4.28. The number of hydrogen-bond acceptors (Lipinski definition) is 4. The molecule has 1 aromatic heterocycles. The number of aryl methyl sites for hydroxylation is 2. The lowest BCUT2D eigenvalue weighted by molar-refractivity contribution is 0.404. The van der Waals surface area contributed by atoms with Gasteiger partial charge < -0.3 is 4.74 Å². The van der Waals surface area contributed by atoms with E-state index >= 15 is 0 Å². The van der Waals surface area contributed by atoms with Crippen LogP contribution < -0.4 is 16.0 Å². The number of hydrazine groups is 1. The van der Waals surface area contributed by atoms with Gasteiger partial charge in [0.2, 0.25) is 0 Å². The molecule has 5 heteroatoms. The van der Waals surface area contributed by atoms with Crippen LogP contribution in [0.15, 0.2) is 30.6 Å². The number of hydrogen-bond donors (Lipinski definition) is 2. The van der Waals surface area contributed by atoms with Crippen molar-refractivity contribution in [1.82, 2.24) is 15.2 Å². The van der Waals surface area contributed by atoms with Crippen LogP contribution >= 0.6 is 0 Å². The number of methoxy groups -OCH3 is 1. The highest BCUT2D eigenvalue weighted by atomic mass is 16.5. The van der Waals surface area contributed by atoms with Gasteiger partial charge in [-0.25, -0.2) is 5.43 Å². The molecule has 0 aliphatic carbocycles. The maximum Gasteiger partial charge on any atom is 0.124 e. The molecule has 1 aromatic carbocycles. The summed E-state index contributed by atoms with van der Waals surface area (Å²) in [7, 11) is 1.67. The molecule has 0 aliphatic rings. The highest BCUT2D eigenvalue weighted by Gasteiger charge is 2.18. The molecule has 5 nitrogen and oxygen atoms in total. The first kappa shape index (κ1) is 13.6. The fourth-order valence-electron chi connectivity index (χ4n) is 2.12. The van der Waals surface area contributed by atoms with Gasteiger partial charge in [0.25, 0.3) is 0 Å². The van der Waals surface area contributed by atoms with Crippen LogP contribution in [-0.2, 0) is 6.54 Å². The molecule has 0 fully saturated rings. The number of rotatable bonds is 5. The Morgan fingerprint density at radius 3 is 2.84 bits per heavy atom. The zero-order valence-electron chi connectivity index (χ0n) is 11.6. The van der Waals surface area contributed by atoms with E-state index in [0.29, 0.717) is 0 Å². The molecule has 1 atom stereocenters. The van der Waals surface area contributed by atoms with Crippen molar-refractivity contribution in [3.63, 3.8) is 0 Å². The Morgan fingerprint density at radius 1 is 1.47 bits per heavy atom. The van der Waals surface area contributed by atoms with Crippen LogP contribution in [0.4, 0.5) is 0 Å². The molecule has 0 amide bonds. The van der Waals surface area contributed by atoms with Gasteiger partial charge in [0, 0.05) is 23.9 Å². The summed E-state index contributed by atoms with van der Waals surface area (Å²) in [5.41, 5.74) is 6.01. The average Bonchev–Trinajstić information content (AvgIpc) is 2.89. The molecule has 102 valence electrons. The van der Waals surface area contributed by atoms with Gasteiger partial charge >= 0.3 is 0 Å². The largest absolute Gasteiger partial charge is 0.496 e. The predicted octanol–water partition coefficient (Wildman–Crippen LogP) is 1.77. The molecule has 1 heterocycles. The van der Waals surface area contributed by atoms with E-state index in [-0.39, 0.29) is 6.04 Å². The van der Waals surface area contributed by atoms with Crippen LogP contribution in [0.2, 0.25) is 0 Å². The SMILES string of the molecule is CCn1cc(C(NN)c2ccc(C)cc2OC)cn1. The molecule has 0 spiro atoms. The molecule has 1 unspecified atom stereocenters. The number of nitrogens with two attached hydrogens (primary N) is 1. The molecule has 0 radical (unpaired) electrons. The second-order valence-electron chi connectivity index (χ2n) is 4.47. The summed E-state index contributed by atoms with van der Waals surface area (Å²) >= 11 is 0. The van der Waals surface area contributed by atoms with E-state index in [0.717, 1.165) is 29.0 Å². The average molecular weight is 260 g/mol. The van der Waals surface area contributed by atoms with Crippen molar-refractivity contribution in [3.05, 3.63) is 47.3 Å². The normalized spacial score (nSPS) is 12.4. The maximum absolute atomic E-state index is 5.71. The third-order valence-electron chi connectivity index (χ3n) is 3.18. The molecule has 2 rings (SSSR count). The minimum absolute atomic E-state index is 0.129. The fourth-order valence-corrected chi connectivity index (χ4v) is 2.12. The van der Waals surface area contributed by atoms with Gasteiger partial charge in [-0.3, -0.25) is 10.5 Å². The second-order valence-corrected chi connectivity index (χ2v) is 4.47. The van der Waals surface area contributed by atoms with E-state index in [4.69, 9.17) is 10.6 Å². The molecule has 2 aromatic rings. The van der Waals surface area contributed by atoms with Gasteiger partial charge in [-0.05, 0) is 25.5 Å². The van der Waals surface area contributed by atoms with Gasteiger partial charge in [0.05, 0.1) is 19.3 Å². The second kappa shape index (κ2) is 5.86. The summed E-state index contributed by atoms with van der Waals surface area (Å²) in [4.78, 5) is 0. The van der Waals surface area contributed by atoms with Crippen molar-refractivity contribution in [2.24, 2.45) is 5.84 Å². The van der Waals surface area contributed by atoms with Gasteiger partial charge in [-0.15, -0.1) is 0 Å². The highest BCUT2D eigenvalue weighted by Crippen LogP contribution is 2.30. The summed E-state index contributed by atoms with van der Waals surface area (Å²) in [6, 6.07) is 5.95. The van der Waals surface area contributed by atoms with Crippen LogP contribution in [0.3, 0.4) is 0 Å². The number of ether oxygens (including phenoxy) is 1. The van der Waals surface area contributed by atoms with Crippen LogP contribution in [0, 0.1) is 6.92 Å². The van der Waals surface area contributed by atoms with Crippen molar-refractivity contribution >= 4 is 0 Å². The highest BCUT2D eigenvalue weighted by molar-refractivity contribution is 5.42. The third-order valence-corrected chi connectivity index (χ3v) is 3.18. The number of nitrogens with zero attached hydrogens (tertiary/aromatic N) is 2. The fraction of sp³-hybridized carbons (Fsp3) is 0.357. The van der Waals surface area contributed by atoms with Crippen LogP contribution in [-0.4, -0.2) is 16.9 Å². The first-order valence-electron chi connectivity index (χ1n) is 6.32. The lowest BCUT2D eigenvalue weighted by atomic mass is 10.00. The quantitative estimate of drug-likeness (QED) is 0.635. The van der Waals surface area contributed by atoms with E-state index in [1.54, 1.807) is 7.11 Å². The smallest absolute Gasteiger partial charge is 0.124 e. The zero-order valence-corrected chi connectivity index (χ0v) is 11.6. The van der Waals surface area contributed by atoms with Gasteiger partial charge in [0.15, 0.2) is 0 Å². The van der Waals surface area contributed by atoms with E-state index in [2.05, 4.69) is 10.5 Å². The predicted molar refractivity (Wildman–Crippen MR) is 74.8 cm³/mol. The Kier molecular flexibility index (Phi) is 4.19. The Morgan fingerprint density at radius 2 is 2.26 bits per heavy atom. The van der Waals surface area contributed by atoms with Crippen molar-refractivity contribution in [3.8, 4) is 5.75 Å². The molecule has 0 bridgehead atoms. The standard InChI is InChI=1S/C14H20N4O/c1-4-18-9-11(8-16-18)14(17-15)12-6-5-10(2)7-13(12)19-3/h5-9,14,17H,4,15H2,1-3H3. The van der Waals surface area contributed by atoms with Crippen LogP contribution in [0.1, 0.15) is 29.7 Å². The van der Waals surface area contributed by atoms with E-state index in [9.17, 15) is 0 Å². The van der Waals surface area contributed by atoms with Crippen molar-refractivity contribution < 1.29 is 4.74 Å². The summed E-state index contributed by atoms with van der Waals surface area (Å²) in [6.45, 7) is 4.92. The lowest BCUT2D eigenvalue weighted by Gasteiger charge is -2.18. The minimum Gasteiger partial charge on any atom is -0.496 e. The molecule has 19 heavy (non-hydrogen) atoms. The summed E-state index contributed by atoms with van der Waals surface area (Å²) in [6.07, 6.45) is 3.82. The number of nitrogens with one attached hydrogen (secondary N) is 1. The van der Waals surface area contributed by atoms with Crippen molar-refractivity contribution in [1.29, 1.82) is 0 Å². The van der Waals surface area contributed by atoms with Gasteiger partial charge in [-0.1, -0.05) is 12.1 Å². The van der Waals surface area contributed by atoms with Crippen LogP contribution in [0.5, 0.6) is 5.75 Å². The molecular formula is C14H20N4O. The Balaban J connectivity index is 2.41. The van der Waals surface area contributed by atoms with Crippen molar-refractivity contribution in [2.75, 3.05) is 7.11 Å². The van der Waals surface area contributed by atoms with E-state index in [1.165, 1.54) is 0 Å². The monoisotopic (exact) mass is 260 g/mol. The molecule has 0 aliphatic heterocycles. The lowest BCUT2D eigenvalue weighted by Crippen LogP contribution is -2.29.